The molecule has 1 unspecified atom stereocenters. The van der Waals surface area contributed by atoms with Crippen LogP contribution >= 0.6 is 12.2 Å². The summed E-state index contributed by atoms with van der Waals surface area (Å²) in [6.45, 7) is 4.10. The summed E-state index contributed by atoms with van der Waals surface area (Å²) in [7, 11) is 0. The van der Waals surface area contributed by atoms with Crippen LogP contribution in [-0.2, 0) is 0 Å². The van der Waals surface area contributed by atoms with Crippen LogP contribution in [0.15, 0.2) is 66.7 Å². The zero-order valence-electron chi connectivity index (χ0n) is 17.6. The molecule has 0 heterocycles. The predicted molar refractivity (Wildman–Crippen MR) is 126 cm³/mol. The highest BCUT2D eigenvalue weighted by Gasteiger charge is 2.15. The molecule has 166 valence electrons. The number of carbonyl (C=O) groups is 1. The van der Waals surface area contributed by atoms with E-state index in [4.69, 9.17) is 17.0 Å². The quantitative estimate of drug-likeness (QED) is 0.401. The Labute approximate surface area is 190 Å². The van der Waals surface area contributed by atoms with Crippen LogP contribution in [0.5, 0.6) is 5.75 Å². The Balaban J connectivity index is 1.69. The number of benzene rings is 3. The van der Waals surface area contributed by atoms with Crippen molar-refractivity contribution in [1.29, 1.82) is 0 Å². The number of thiocarbonyl (C=S) groups is 1. The molecule has 1 atom stereocenters. The second kappa shape index (κ2) is 10.7. The molecule has 32 heavy (non-hydrogen) atoms. The molecule has 0 aliphatic carbocycles. The van der Waals surface area contributed by atoms with Gasteiger partial charge in [-0.3, -0.25) is 4.79 Å². The Hall–Kier alpha value is -3.52. The lowest BCUT2D eigenvalue weighted by molar-refractivity contribution is 0.102. The van der Waals surface area contributed by atoms with Gasteiger partial charge in [-0.25, -0.2) is 8.78 Å². The fraction of sp³-hybridized carbons (Fsp3) is 0.167. The smallest absolute Gasteiger partial charge is 0.258 e. The third-order valence-corrected chi connectivity index (χ3v) is 4.84. The van der Waals surface area contributed by atoms with Gasteiger partial charge in [0.05, 0.1) is 23.9 Å². The first-order chi connectivity index (χ1) is 15.4. The number of anilines is 2. The predicted octanol–water partition coefficient (Wildman–Crippen LogP) is 5.66. The summed E-state index contributed by atoms with van der Waals surface area (Å²) < 4.78 is 32.7. The Morgan fingerprint density at radius 2 is 1.75 bits per heavy atom. The van der Waals surface area contributed by atoms with Gasteiger partial charge in [0.25, 0.3) is 5.91 Å². The number of hydrogen-bond donors (Lipinski definition) is 3. The highest BCUT2D eigenvalue weighted by Crippen LogP contribution is 2.29. The highest BCUT2D eigenvalue weighted by atomic mass is 32.1. The van der Waals surface area contributed by atoms with Crippen molar-refractivity contribution in [2.75, 3.05) is 17.2 Å². The molecule has 5 nitrogen and oxygen atoms in total. The Morgan fingerprint density at radius 3 is 2.44 bits per heavy atom. The van der Waals surface area contributed by atoms with E-state index >= 15 is 0 Å². The van der Waals surface area contributed by atoms with E-state index in [1.54, 1.807) is 36.4 Å². The zero-order chi connectivity index (χ0) is 23.1. The van der Waals surface area contributed by atoms with Gasteiger partial charge >= 0.3 is 0 Å². The van der Waals surface area contributed by atoms with Gasteiger partial charge in [0.2, 0.25) is 0 Å². The Bertz CT molecular complexity index is 1110. The van der Waals surface area contributed by atoms with Crippen molar-refractivity contribution in [2.24, 2.45) is 0 Å². The van der Waals surface area contributed by atoms with Crippen LogP contribution in [0.3, 0.4) is 0 Å². The number of amides is 1. The minimum Gasteiger partial charge on any atom is -0.492 e. The van der Waals surface area contributed by atoms with Crippen molar-refractivity contribution < 1.29 is 18.3 Å². The van der Waals surface area contributed by atoms with Crippen molar-refractivity contribution in [1.82, 2.24) is 5.32 Å². The lowest BCUT2D eigenvalue weighted by Crippen LogP contribution is -2.30. The first-order valence-corrected chi connectivity index (χ1v) is 10.4. The topological polar surface area (TPSA) is 62.4 Å². The van der Waals surface area contributed by atoms with Gasteiger partial charge in [-0.2, -0.15) is 0 Å². The number of halogens is 2. The Morgan fingerprint density at radius 1 is 1.03 bits per heavy atom. The van der Waals surface area contributed by atoms with Crippen molar-refractivity contribution in [3.8, 4) is 5.75 Å². The van der Waals surface area contributed by atoms with Crippen molar-refractivity contribution in [2.45, 2.75) is 19.9 Å². The zero-order valence-corrected chi connectivity index (χ0v) is 18.4. The molecule has 3 aromatic carbocycles. The maximum atomic E-state index is 13.9. The fourth-order valence-electron chi connectivity index (χ4n) is 3.01. The van der Waals surface area contributed by atoms with Crippen LogP contribution in [0.4, 0.5) is 20.2 Å². The minimum atomic E-state index is -0.604. The summed E-state index contributed by atoms with van der Waals surface area (Å²) in [5.41, 5.74) is 1.87. The summed E-state index contributed by atoms with van der Waals surface area (Å²) >= 11 is 5.38. The molecule has 0 fully saturated rings. The monoisotopic (exact) mass is 455 g/mol. The summed E-state index contributed by atoms with van der Waals surface area (Å²) in [5.74, 6) is -1.06. The molecule has 0 spiro atoms. The molecule has 0 bridgehead atoms. The summed E-state index contributed by atoms with van der Waals surface area (Å²) in [4.78, 5) is 12.5. The summed E-state index contributed by atoms with van der Waals surface area (Å²) in [6, 6.07) is 16.8. The standard InChI is InChI=1S/C24H23F2N3O2S/c1-3-31-22-14-18(28-24(32)27-15(2)16-8-10-17(25)11-9-16)12-13-21(22)29-23(30)19-6-4-5-7-20(19)26/h4-15H,3H2,1-2H3,(H,29,30)(H2,27,28,32). The van der Waals surface area contributed by atoms with Crippen LogP contribution in [-0.4, -0.2) is 17.6 Å². The molecular formula is C24H23F2N3O2S. The fourth-order valence-corrected chi connectivity index (χ4v) is 3.31. The molecule has 0 saturated heterocycles. The molecule has 1 amide bonds. The molecule has 0 aromatic heterocycles. The van der Waals surface area contributed by atoms with E-state index in [0.29, 0.717) is 28.8 Å². The normalized spacial score (nSPS) is 11.4. The maximum Gasteiger partial charge on any atom is 0.258 e. The third kappa shape index (κ3) is 6.01. The minimum absolute atomic E-state index is 0.0580. The van der Waals surface area contributed by atoms with Crippen LogP contribution in [0.2, 0.25) is 0 Å². The summed E-state index contributed by atoms with van der Waals surface area (Å²) in [6.07, 6.45) is 0. The lowest BCUT2D eigenvalue weighted by Gasteiger charge is -2.18. The van der Waals surface area contributed by atoms with E-state index in [-0.39, 0.29) is 17.4 Å². The van der Waals surface area contributed by atoms with Gasteiger partial charge in [-0.15, -0.1) is 0 Å². The molecule has 3 N–H and O–H groups in total. The molecule has 0 radical (unpaired) electrons. The molecule has 3 rings (SSSR count). The average Bonchev–Trinajstić information content (AvgIpc) is 2.76. The second-order valence-corrected chi connectivity index (χ2v) is 7.36. The number of hydrogen-bond acceptors (Lipinski definition) is 3. The van der Waals surface area contributed by atoms with Gasteiger partial charge in [0.1, 0.15) is 17.4 Å². The van der Waals surface area contributed by atoms with E-state index in [9.17, 15) is 13.6 Å². The first kappa shape index (κ1) is 23.1. The van der Waals surface area contributed by atoms with Gasteiger partial charge < -0.3 is 20.7 Å². The second-order valence-electron chi connectivity index (χ2n) is 6.95. The Kier molecular flexibility index (Phi) is 7.72. The van der Waals surface area contributed by atoms with Crippen LogP contribution in [0, 0.1) is 11.6 Å². The van der Waals surface area contributed by atoms with Crippen LogP contribution in [0.1, 0.15) is 35.8 Å². The highest BCUT2D eigenvalue weighted by molar-refractivity contribution is 7.80. The SMILES string of the molecule is CCOc1cc(NC(=S)NC(C)c2ccc(F)cc2)ccc1NC(=O)c1ccccc1F. The van der Waals surface area contributed by atoms with E-state index in [0.717, 1.165) is 5.56 Å². The van der Waals surface area contributed by atoms with Gasteiger partial charge in [-0.1, -0.05) is 24.3 Å². The molecule has 0 aliphatic heterocycles. The number of nitrogens with one attached hydrogen (secondary N) is 3. The summed E-state index contributed by atoms with van der Waals surface area (Å²) in [5, 5.41) is 9.25. The lowest BCUT2D eigenvalue weighted by atomic mass is 10.1. The first-order valence-electron chi connectivity index (χ1n) is 10.0. The van der Waals surface area contributed by atoms with Crippen molar-refractivity contribution in [3.05, 3.63) is 89.5 Å². The number of carbonyl (C=O) groups excluding carboxylic acids is 1. The van der Waals surface area contributed by atoms with Gasteiger partial charge in [0, 0.05) is 11.8 Å². The molecular weight excluding hydrogens is 432 g/mol. The van der Waals surface area contributed by atoms with Gasteiger partial charge in [-0.05, 0) is 68.0 Å². The largest absolute Gasteiger partial charge is 0.492 e. The van der Waals surface area contributed by atoms with E-state index in [1.165, 1.54) is 30.3 Å². The van der Waals surface area contributed by atoms with Crippen molar-refractivity contribution >= 4 is 34.6 Å². The number of rotatable bonds is 7. The molecule has 0 aliphatic rings. The van der Waals surface area contributed by atoms with Crippen LogP contribution in [0.25, 0.3) is 0 Å². The van der Waals surface area contributed by atoms with Crippen LogP contribution < -0.4 is 20.7 Å². The van der Waals surface area contributed by atoms with Gasteiger partial charge in [0.15, 0.2) is 5.11 Å². The maximum absolute atomic E-state index is 13.9. The molecule has 3 aromatic rings. The van der Waals surface area contributed by atoms with Crippen molar-refractivity contribution in [3.63, 3.8) is 0 Å². The average molecular weight is 456 g/mol. The molecule has 8 heteroatoms. The van der Waals surface area contributed by atoms with E-state index in [1.807, 2.05) is 13.8 Å². The number of ether oxygens (including phenoxy) is 1. The van der Waals surface area contributed by atoms with E-state index in [2.05, 4.69) is 16.0 Å². The third-order valence-electron chi connectivity index (χ3n) is 4.62. The molecule has 0 saturated carbocycles. The van der Waals surface area contributed by atoms with E-state index < -0.39 is 11.7 Å².